The lowest BCUT2D eigenvalue weighted by molar-refractivity contribution is -0.146. The zero-order valence-electron chi connectivity index (χ0n) is 11.3. The van der Waals surface area contributed by atoms with Crippen molar-refractivity contribution in [1.29, 1.82) is 0 Å². The highest BCUT2D eigenvalue weighted by Gasteiger charge is 2.23. The van der Waals surface area contributed by atoms with Gasteiger partial charge in [0.15, 0.2) is 0 Å². The van der Waals surface area contributed by atoms with Crippen molar-refractivity contribution in [3.63, 3.8) is 0 Å². The third-order valence-corrected chi connectivity index (χ3v) is 3.59. The maximum Gasteiger partial charge on any atom is 0.311 e. The molecule has 1 atom stereocenters. The number of carbonyl (C=O) groups is 2. The van der Waals surface area contributed by atoms with Crippen LogP contribution in [0.25, 0.3) is 0 Å². The molecule has 0 aromatic heterocycles. The Labute approximate surface area is 113 Å². The summed E-state index contributed by atoms with van der Waals surface area (Å²) in [5.74, 6) is -0.921. The van der Waals surface area contributed by atoms with E-state index in [1.54, 1.807) is 4.90 Å². The summed E-state index contributed by atoms with van der Waals surface area (Å²) >= 11 is 0. The first-order valence-corrected chi connectivity index (χ1v) is 7.17. The highest BCUT2D eigenvalue weighted by molar-refractivity contribution is 6.35. The molecule has 0 spiro atoms. The Morgan fingerprint density at radius 2 is 2.11 bits per heavy atom. The Bertz CT molecular complexity index is 308. The molecule has 2 saturated heterocycles. The normalized spacial score (nSPS) is 24.6. The lowest BCUT2D eigenvalue weighted by atomic mass is 10.1. The van der Waals surface area contributed by atoms with E-state index < -0.39 is 11.8 Å². The molecule has 108 valence electrons. The van der Waals surface area contributed by atoms with Crippen LogP contribution in [0.3, 0.4) is 0 Å². The van der Waals surface area contributed by atoms with Crippen LogP contribution in [0.4, 0.5) is 0 Å². The van der Waals surface area contributed by atoms with E-state index in [1.807, 2.05) is 0 Å². The van der Waals surface area contributed by atoms with Gasteiger partial charge in [0.25, 0.3) is 0 Å². The third kappa shape index (κ3) is 4.47. The van der Waals surface area contributed by atoms with Gasteiger partial charge in [0.05, 0.1) is 6.10 Å². The molecule has 2 amide bonds. The van der Waals surface area contributed by atoms with E-state index in [-0.39, 0.29) is 6.10 Å². The Kier molecular flexibility index (Phi) is 5.60. The molecule has 0 radical (unpaired) electrons. The monoisotopic (exact) mass is 269 g/mol. The Morgan fingerprint density at radius 1 is 1.21 bits per heavy atom. The van der Waals surface area contributed by atoms with Gasteiger partial charge >= 0.3 is 11.8 Å². The van der Waals surface area contributed by atoms with Crippen molar-refractivity contribution < 1.29 is 14.3 Å². The van der Waals surface area contributed by atoms with E-state index in [0.29, 0.717) is 19.6 Å². The lowest BCUT2D eigenvalue weighted by Gasteiger charge is -2.23. The largest absolute Gasteiger partial charge is 0.376 e. The summed E-state index contributed by atoms with van der Waals surface area (Å²) in [4.78, 5) is 25.4. The van der Waals surface area contributed by atoms with Crippen molar-refractivity contribution in [3.8, 4) is 0 Å². The second-order valence-electron chi connectivity index (χ2n) is 5.09. The van der Waals surface area contributed by atoms with Crippen molar-refractivity contribution in [2.45, 2.75) is 31.8 Å². The summed E-state index contributed by atoms with van der Waals surface area (Å²) in [5, 5.41) is 5.90. The molecule has 2 rings (SSSR count). The quantitative estimate of drug-likeness (QED) is 0.663. The first kappa shape index (κ1) is 14.3. The highest BCUT2D eigenvalue weighted by Crippen LogP contribution is 2.11. The fourth-order valence-electron chi connectivity index (χ4n) is 2.44. The zero-order valence-corrected chi connectivity index (χ0v) is 11.3. The molecular formula is C13H23N3O3. The minimum Gasteiger partial charge on any atom is -0.376 e. The number of nitrogens with zero attached hydrogens (tertiary/aromatic N) is 1. The maximum atomic E-state index is 12.0. The fraction of sp³-hybridized carbons (Fsp3) is 0.846. The average Bonchev–Trinajstić information content (AvgIpc) is 2.74. The van der Waals surface area contributed by atoms with Crippen LogP contribution in [0.2, 0.25) is 0 Å². The van der Waals surface area contributed by atoms with Gasteiger partial charge in [0, 0.05) is 32.8 Å². The van der Waals surface area contributed by atoms with Gasteiger partial charge in [0.1, 0.15) is 0 Å². The molecule has 6 heteroatoms. The molecule has 0 saturated carbocycles. The Morgan fingerprint density at radius 3 is 2.89 bits per heavy atom. The van der Waals surface area contributed by atoms with Crippen LogP contribution < -0.4 is 10.6 Å². The molecule has 2 fully saturated rings. The van der Waals surface area contributed by atoms with Crippen LogP contribution in [0.15, 0.2) is 0 Å². The summed E-state index contributed by atoms with van der Waals surface area (Å²) in [6, 6.07) is 0. The van der Waals surface area contributed by atoms with Crippen LogP contribution in [-0.4, -0.2) is 62.1 Å². The molecule has 2 N–H and O–H groups in total. The average molecular weight is 269 g/mol. The molecule has 2 aliphatic heterocycles. The van der Waals surface area contributed by atoms with E-state index in [2.05, 4.69) is 10.6 Å². The first-order valence-electron chi connectivity index (χ1n) is 7.17. The number of amides is 2. The van der Waals surface area contributed by atoms with Crippen molar-refractivity contribution in [2.75, 3.05) is 39.3 Å². The van der Waals surface area contributed by atoms with Gasteiger partial charge < -0.3 is 20.3 Å². The van der Waals surface area contributed by atoms with E-state index in [9.17, 15) is 9.59 Å². The maximum absolute atomic E-state index is 12.0. The van der Waals surface area contributed by atoms with Crippen molar-refractivity contribution in [2.24, 2.45) is 0 Å². The van der Waals surface area contributed by atoms with E-state index in [0.717, 1.165) is 45.4 Å². The summed E-state index contributed by atoms with van der Waals surface area (Å²) in [7, 11) is 0. The Balaban J connectivity index is 1.73. The topological polar surface area (TPSA) is 70.7 Å². The van der Waals surface area contributed by atoms with Crippen LogP contribution in [0, 0.1) is 0 Å². The van der Waals surface area contributed by atoms with Gasteiger partial charge in [-0.05, 0) is 32.2 Å². The molecule has 2 heterocycles. The van der Waals surface area contributed by atoms with Gasteiger partial charge in [-0.25, -0.2) is 0 Å². The first-order chi connectivity index (χ1) is 9.27. The standard InChI is InChI=1S/C13H23N3O3/c17-12(15-10-11-4-1-2-9-19-11)13(18)16-7-3-5-14-6-8-16/h11,14H,1-10H2,(H,15,17). The third-order valence-electron chi connectivity index (χ3n) is 3.59. The van der Waals surface area contributed by atoms with Crippen molar-refractivity contribution in [1.82, 2.24) is 15.5 Å². The molecule has 6 nitrogen and oxygen atoms in total. The molecule has 0 aromatic rings. The van der Waals surface area contributed by atoms with Crippen LogP contribution in [-0.2, 0) is 14.3 Å². The second kappa shape index (κ2) is 7.45. The molecule has 0 aliphatic carbocycles. The van der Waals surface area contributed by atoms with Gasteiger partial charge in [-0.15, -0.1) is 0 Å². The number of hydrogen-bond donors (Lipinski definition) is 2. The second-order valence-corrected chi connectivity index (χ2v) is 5.09. The SMILES string of the molecule is O=C(NCC1CCCCO1)C(=O)N1CCCNCC1. The van der Waals surface area contributed by atoms with Gasteiger partial charge in [0.2, 0.25) is 0 Å². The lowest BCUT2D eigenvalue weighted by Crippen LogP contribution is -2.46. The predicted octanol–water partition coefficient (Wildman–Crippen LogP) is -0.506. The van der Waals surface area contributed by atoms with Gasteiger partial charge in [-0.2, -0.15) is 0 Å². The van der Waals surface area contributed by atoms with Crippen LogP contribution >= 0.6 is 0 Å². The van der Waals surface area contributed by atoms with Crippen molar-refractivity contribution >= 4 is 11.8 Å². The van der Waals surface area contributed by atoms with E-state index >= 15 is 0 Å². The smallest absolute Gasteiger partial charge is 0.311 e. The molecule has 2 aliphatic rings. The summed E-state index contributed by atoms with van der Waals surface area (Å²) in [6.45, 7) is 4.11. The van der Waals surface area contributed by atoms with Gasteiger partial charge in [-0.3, -0.25) is 9.59 Å². The molecular weight excluding hydrogens is 246 g/mol. The summed E-state index contributed by atoms with van der Waals surface area (Å²) in [6.07, 6.45) is 4.14. The molecule has 0 aromatic carbocycles. The van der Waals surface area contributed by atoms with E-state index in [4.69, 9.17) is 4.74 Å². The summed E-state index contributed by atoms with van der Waals surface area (Å²) < 4.78 is 5.52. The zero-order chi connectivity index (χ0) is 13.5. The predicted molar refractivity (Wildman–Crippen MR) is 70.7 cm³/mol. The minimum absolute atomic E-state index is 0.0660. The number of rotatable bonds is 2. The molecule has 0 bridgehead atoms. The minimum atomic E-state index is -0.504. The number of hydrogen-bond acceptors (Lipinski definition) is 4. The highest BCUT2D eigenvalue weighted by atomic mass is 16.5. The fourth-order valence-corrected chi connectivity index (χ4v) is 2.44. The van der Waals surface area contributed by atoms with Crippen LogP contribution in [0.5, 0.6) is 0 Å². The number of ether oxygens (including phenoxy) is 1. The number of carbonyl (C=O) groups excluding carboxylic acids is 2. The molecule has 19 heavy (non-hydrogen) atoms. The van der Waals surface area contributed by atoms with Gasteiger partial charge in [-0.1, -0.05) is 0 Å². The van der Waals surface area contributed by atoms with Crippen molar-refractivity contribution in [3.05, 3.63) is 0 Å². The van der Waals surface area contributed by atoms with E-state index in [1.165, 1.54) is 0 Å². The molecule has 1 unspecified atom stereocenters. The van der Waals surface area contributed by atoms with Crippen LogP contribution in [0.1, 0.15) is 25.7 Å². The Hall–Kier alpha value is -1.14. The number of nitrogens with one attached hydrogen (secondary N) is 2. The summed E-state index contributed by atoms with van der Waals surface area (Å²) in [5.41, 5.74) is 0.